The van der Waals surface area contributed by atoms with Crippen molar-refractivity contribution >= 4 is 27.4 Å². The second-order valence-electron chi connectivity index (χ2n) is 8.78. The molecule has 0 saturated carbocycles. The third kappa shape index (κ3) is 2.91. The number of hydrogen-bond acceptors (Lipinski definition) is 2. The summed E-state index contributed by atoms with van der Waals surface area (Å²) >= 11 is 0. The molecule has 0 fully saturated rings. The largest absolute Gasteiger partial charge is 0.366 e. The lowest BCUT2D eigenvalue weighted by Gasteiger charge is -2.23. The molecule has 34 heavy (non-hydrogen) atoms. The third-order valence-corrected chi connectivity index (χ3v) is 6.84. The number of benzene rings is 4. The zero-order chi connectivity index (χ0) is 22.5. The maximum atomic E-state index is 3.36. The van der Waals surface area contributed by atoms with Gasteiger partial charge in [-0.1, -0.05) is 72.8 Å². The molecule has 5 aromatic rings. The van der Waals surface area contributed by atoms with Gasteiger partial charge in [-0.05, 0) is 58.7 Å². The Hall–Kier alpha value is -4.50. The van der Waals surface area contributed by atoms with E-state index in [1.54, 1.807) is 0 Å². The van der Waals surface area contributed by atoms with Gasteiger partial charge in [0.15, 0.2) is 0 Å². The molecule has 3 heterocycles. The van der Waals surface area contributed by atoms with E-state index in [0.29, 0.717) is 0 Å². The Morgan fingerprint density at radius 1 is 0.647 bits per heavy atom. The van der Waals surface area contributed by atoms with E-state index in [4.69, 9.17) is 0 Å². The lowest BCUT2D eigenvalue weighted by Crippen LogP contribution is -2.31. The van der Waals surface area contributed by atoms with Crippen LogP contribution in [0.25, 0.3) is 44.2 Å². The van der Waals surface area contributed by atoms with Crippen LogP contribution in [0.3, 0.4) is 0 Å². The zero-order valence-corrected chi connectivity index (χ0v) is 18.6. The molecule has 1 N–H and O–H groups in total. The first kappa shape index (κ1) is 19.0. The zero-order valence-electron chi connectivity index (χ0n) is 18.6. The molecule has 0 bridgehead atoms. The summed E-state index contributed by atoms with van der Waals surface area (Å²) in [6.45, 7) is 0. The van der Waals surface area contributed by atoms with Crippen molar-refractivity contribution in [3.8, 4) is 16.8 Å². The number of hydrogen-bond donors (Lipinski definition) is 1. The van der Waals surface area contributed by atoms with Gasteiger partial charge in [0.2, 0.25) is 0 Å². The Labute approximate surface area is 198 Å². The predicted molar refractivity (Wildman–Crippen MR) is 141 cm³/mol. The highest BCUT2D eigenvalue weighted by atomic mass is 15.3. The van der Waals surface area contributed by atoms with Crippen LogP contribution >= 0.6 is 0 Å². The average Bonchev–Trinajstić information content (AvgIpc) is 3.51. The summed E-state index contributed by atoms with van der Waals surface area (Å²) in [7, 11) is 0. The molecule has 0 aliphatic carbocycles. The van der Waals surface area contributed by atoms with Crippen molar-refractivity contribution in [2.75, 3.05) is 0 Å². The molecular weight excluding hydrogens is 414 g/mol. The molecule has 0 saturated heterocycles. The lowest BCUT2D eigenvalue weighted by atomic mass is 9.96. The Morgan fingerprint density at radius 2 is 1.41 bits per heavy atom. The van der Waals surface area contributed by atoms with E-state index >= 15 is 0 Å². The van der Waals surface area contributed by atoms with E-state index in [2.05, 4.69) is 136 Å². The second kappa shape index (κ2) is 7.53. The highest BCUT2D eigenvalue weighted by molar-refractivity contribution is 6.15. The topological polar surface area (TPSA) is 20.2 Å². The minimum Gasteiger partial charge on any atom is -0.366 e. The Balaban J connectivity index is 1.37. The molecule has 2 aliphatic rings. The summed E-state index contributed by atoms with van der Waals surface area (Å²) in [5.74, 6) is 0. The predicted octanol–water partition coefficient (Wildman–Crippen LogP) is 7.06. The van der Waals surface area contributed by atoms with Crippen LogP contribution in [0, 0.1) is 0 Å². The van der Waals surface area contributed by atoms with Crippen LogP contribution in [0.2, 0.25) is 0 Å². The molecule has 0 amide bonds. The maximum Gasteiger partial charge on any atom is 0.122 e. The number of fused-ring (bicyclic) bond motifs is 4. The molecule has 0 radical (unpaired) electrons. The molecular formula is C31H23N3. The summed E-state index contributed by atoms with van der Waals surface area (Å²) in [4.78, 5) is 2.17. The maximum absolute atomic E-state index is 3.36. The second-order valence-corrected chi connectivity index (χ2v) is 8.78. The van der Waals surface area contributed by atoms with Gasteiger partial charge >= 0.3 is 0 Å². The van der Waals surface area contributed by atoms with E-state index < -0.39 is 0 Å². The van der Waals surface area contributed by atoms with Crippen molar-refractivity contribution in [1.82, 2.24) is 14.8 Å². The van der Waals surface area contributed by atoms with Gasteiger partial charge in [0, 0.05) is 35.1 Å². The first-order chi connectivity index (χ1) is 16.9. The molecule has 3 nitrogen and oxygen atoms in total. The fraction of sp³-hybridized carbons (Fsp3) is 0.0323. The van der Waals surface area contributed by atoms with E-state index in [0.717, 1.165) is 0 Å². The minimum absolute atomic E-state index is 0.206. The number of allylic oxidation sites excluding steroid dienone is 2. The highest BCUT2D eigenvalue weighted by Crippen LogP contribution is 2.38. The fourth-order valence-electron chi connectivity index (χ4n) is 5.22. The van der Waals surface area contributed by atoms with Crippen LogP contribution in [0.4, 0.5) is 0 Å². The molecule has 162 valence electrons. The third-order valence-electron chi connectivity index (χ3n) is 6.84. The van der Waals surface area contributed by atoms with E-state index in [1.165, 1.54) is 49.8 Å². The number of nitrogens with one attached hydrogen (secondary N) is 1. The number of rotatable bonds is 3. The number of nitrogens with zero attached hydrogens (tertiary/aromatic N) is 2. The minimum atomic E-state index is 0.206. The Bertz CT molecular complexity index is 1620. The molecule has 0 spiro atoms. The van der Waals surface area contributed by atoms with Crippen LogP contribution < -0.4 is 5.32 Å². The number of aromatic nitrogens is 1. The number of para-hydroxylation sites is 2. The molecule has 2 aliphatic heterocycles. The van der Waals surface area contributed by atoms with Gasteiger partial charge in [0.05, 0.1) is 11.0 Å². The van der Waals surface area contributed by atoms with Gasteiger partial charge < -0.3 is 14.8 Å². The van der Waals surface area contributed by atoms with Crippen LogP contribution in [0.1, 0.15) is 5.56 Å². The summed E-state index contributed by atoms with van der Waals surface area (Å²) in [6, 6.07) is 34.9. The Morgan fingerprint density at radius 3 is 2.29 bits per heavy atom. The standard InChI is InChI=1S/C31H23N3/c1-2-7-25(8-3-1)34-28-11-5-4-9-27(28)31-26(10-6-12-29(31)34)23-15-13-22(14-16-23)24-17-19-33-20-18-32-30(33)21-24/h1-21,30,32H. The average molecular weight is 438 g/mol. The van der Waals surface area contributed by atoms with Crippen molar-refractivity contribution in [2.24, 2.45) is 0 Å². The van der Waals surface area contributed by atoms with E-state index in [9.17, 15) is 0 Å². The first-order valence-electron chi connectivity index (χ1n) is 11.7. The van der Waals surface area contributed by atoms with Gasteiger partial charge in [0.1, 0.15) is 6.17 Å². The van der Waals surface area contributed by atoms with Crippen LogP contribution in [-0.2, 0) is 0 Å². The summed E-state index contributed by atoms with van der Waals surface area (Å²) < 4.78 is 2.37. The van der Waals surface area contributed by atoms with Crippen LogP contribution in [0.5, 0.6) is 0 Å². The van der Waals surface area contributed by atoms with Gasteiger partial charge in [0.25, 0.3) is 0 Å². The first-order valence-corrected chi connectivity index (χ1v) is 11.7. The van der Waals surface area contributed by atoms with Crippen molar-refractivity contribution in [3.63, 3.8) is 0 Å². The molecule has 1 aromatic heterocycles. The van der Waals surface area contributed by atoms with Gasteiger partial charge in [-0.2, -0.15) is 0 Å². The quantitative estimate of drug-likeness (QED) is 0.326. The molecule has 1 unspecified atom stereocenters. The summed E-state index contributed by atoms with van der Waals surface area (Å²) in [5, 5.41) is 5.94. The Kier molecular flexibility index (Phi) is 4.21. The SMILES string of the molecule is C1=CN2C=CC(c3ccc(-c4cccc5c4c4ccccc4n5-c4ccccc4)cc3)=CC2N1. The molecule has 1 atom stereocenters. The van der Waals surface area contributed by atoms with Crippen molar-refractivity contribution in [3.05, 3.63) is 133 Å². The lowest BCUT2D eigenvalue weighted by molar-refractivity contribution is 0.428. The van der Waals surface area contributed by atoms with E-state index in [1.807, 2.05) is 6.20 Å². The van der Waals surface area contributed by atoms with Crippen LogP contribution in [0.15, 0.2) is 128 Å². The molecule has 4 aromatic carbocycles. The van der Waals surface area contributed by atoms with Crippen LogP contribution in [-0.4, -0.2) is 15.6 Å². The van der Waals surface area contributed by atoms with Gasteiger partial charge in [-0.3, -0.25) is 0 Å². The van der Waals surface area contributed by atoms with E-state index in [-0.39, 0.29) is 6.17 Å². The van der Waals surface area contributed by atoms with Crippen molar-refractivity contribution in [2.45, 2.75) is 6.17 Å². The molecule has 7 rings (SSSR count). The van der Waals surface area contributed by atoms with Crippen molar-refractivity contribution < 1.29 is 0 Å². The smallest absolute Gasteiger partial charge is 0.122 e. The highest BCUT2D eigenvalue weighted by Gasteiger charge is 2.19. The normalized spacial score (nSPS) is 16.6. The van der Waals surface area contributed by atoms with Gasteiger partial charge in [-0.15, -0.1) is 0 Å². The molecule has 3 heteroatoms. The summed E-state index contributed by atoms with van der Waals surface area (Å²) in [6.07, 6.45) is 10.8. The fourth-order valence-corrected chi connectivity index (χ4v) is 5.22. The van der Waals surface area contributed by atoms with Gasteiger partial charge in [-0.25, -0.2) is 0 Å². The summed E-state index contributed by atoms with van der Waals surface area (Å²) in [5.41, 5.74) is 8.60. The monoisotopic (exact) mass is 437 g/mol. The van der Waals surface area contributed by atoms with Crippen molar-refractivity contribution in [1.29, 1.82) is 0 Å².